The smallest absolute Gasteiger partial charge is 0.374 e. The van der Waals surface area contributed by atoms with Crippen molar-refractivity contribution < 1.29 is 13.9 Å². The van der Waals surface area contributed by atoms with E-state index in [1.54, 1.807) is 0 Å². The Hall–Kier alpha value is -1.98. The number of likely N-dealkylation sites (tertiary alicyclic amines) is 1. The van der Waals surface area contributed by atoms with Crippen LogP contribution >= 0.6 is 0 Å². The number of azide groups is 1. The summed E-state index contributed by atoms with van der Waals surface area (Å²) in [7, 11) is 1.33. The lowest BCUT2D eigenvalue weighted by molar-refractivity contribution is 0.0560. The third kappa shape index (κ3) is 2.95. The average Bonchev–Trinajstić information content (AvgIpc) is 2.93. The molecule has 0 bridgehead atoms. The van der Waals surface area contributed by atoms with Gasteiger partial charge in [0.25, 0.3) is 0 Å². The molecule has 0 spiro atoms. The summed E-state index contributed by atoms with van der Waals surface area (Å²) in [5.41, 5.74) is 9.29. The van der Waals surface area contributed by atoms with E-state index in [1.165, 1.54) is 7.11 Å². The summed E-state index contributed by atoms with van der Waals surface area (Å²) >= 11 is 0. The second-order valence-electron chi connectivity index (χ2n) is 5.16. The van der Waals surface area contributed by atoms with Crippen LogP contribution in [0.1, 0.15) is 28.8 Å². The average molecular weight is 278 g/mol. The molecule has 1 aliphatic heterocycles. The van der Waals surface area contributed by atoms with Gasteiger partial charge in [0.05, 0.1) is 19.7 Å². The number of carbonyl (C=O) groups excluding carboxylic acids is 1. The van der Waals surface area contributed by atoms with Gasteiger partial charge in [0.1, 0.15) is 5.76 Å². The predicted octanol–water partition coefficient (Wildman–Crippen LogP) is 2.51. The minimum Gasteiger partial charge on any atom is -0.463 e. The van der Waals surface area contributed by atoms with Gasteiger partial charge in [0, 0.05) is 23.6 Å². The van der Waals surface area contributed by atoms with Crippen molar-refractivity contribution >= 4 is 5.97 Å². The third-order valence-corrected chi connectivity index (χ3v) is 3.57. The van der Waals surface area contributed by atoms with Gasteiger partial charge in [-0.15, -0.1) is 0 Å². The zero-order valence-electron chi connectivity index (χ0n) is 11.9. The molecule has 0 amide bonds. The third-order valence-electron chi connectivity index (χ3n) is 3.57. The highest BCUT2D eigenvalue weighted by molar-refractivity contribution is 5.87. The summed E-state index contributed by atoms with van der Waals surface area (Å²) in [5, 5.41) is 3.79. The van der Waals surface area contributed by atoms with Crippen molar-refractivity contribution in [2.75, 3.05) is 20.2 Å². The van der Waals surface area contributed by atoms with Gasteiger partial charge < -0.3 is 9.15 Å². The summed E-state index contributed by atoms with van der Waals surface area (Å²) in [5.74, 6) is 0.829. The Labute approximate surface area is 117 Å². The summed E-state index contributed by atoms with van der Waals surface area (Å²) in [6, 6.07) is 1.84. The van der Waals surface area contributed by atoms with Crippen molar-refractivity contribution in [2.24, 2.45) is 11.0 Å². The maximum absolute atomic E-state index is 11.5. The van der Waals surface area contributed by atoms with Gasteiger partial charge in [-0.25, -0.2) is 4.79 Å². The molecule has 0 aromatic carbocycles. The minimum atomic E-state index is -0.463. The van der Waals surface area contributed by atoms with E-state index in [0.717, 1.165) is 17.9 Å². The van der Waals surface area contributed by atoms with Crippen LogP contribution in [0.15, 0.2) is 15.6 Å². The Kier molecular flexibility index (Phi) is 4.32. The van der Waals surface area contributed by atoms with Gasteiger partial charge in [-0.3, -0.25) is 4.90 Å². The van der Waals surface area contributed by atoms with E-state index in [-0.39, 0.29) is 11.8 Å². The Morgan fingerprint density at radius 3 is 3.05 bits per heavy atom. The number of nitrogens with zero attached hydrogens (tertiary/aromatic N) is 4. The van der Waals surface area contributed by atoms with Crippen LogP contribution in [0.2, 0.25) is 0 Å². The lowest BCUT2D eigenvalue weighted by Gasteiger charge is -2.12. The van der Waals surface area contributed by atoms with Gasteiger partial charge >= 0.3 is 5.97 Å². The molecule has 7 nitrogen and oxygen atoms in total. The zero-order chi connectivity index (χ0) is 14.7. The minimum absolute atomic E-state index is 0.00358. The molecular formula is C13H18N4O3. The highest BCUT2D eigenvalue weighted by atomic mass is 16.5. The fraction of sp³-hybridized carbons (Fsp3) is 0.615. The first-order valence-electron chi connectivity index (χ1n) is 6.49. The van der Waals surface area contributed by atoms with Crippen molar-refractivity contribution in [3.8, 4) is 0 Å². The first kappa shape index (κ1) is 14.4. The predicted molar refractivity (Wildman–Crippen MR) is 72.2 cm³/mol. The monoisotopic (exact) mass is 278 g/mol. The highest BCUT2D eigenvalue weighted by Gasteiger charge is 2.29. The number of hydrogen-bond donors (Lipinski definition) is 0. The molecule has 2 atom stereocenters. The molecule has 20 heavy (non-hydrogen) atoms. The van der Waals surface area contributed by atoms with Crippen LogP contribution < -0.4 is 0 Å². The SMILES string of the molecule is COC(=O)c1oc(CN2C[C@@H](C)[C@H](N=[N+]=[N-])C2)cc1C. The molecule has 1 fully saturated rings. The molecule has 1 saturated heterocycles. The van der Waals surface area contributed by atoms with Gasteiger partial charge in [-0.2, -0.15) is 0 Å². The Morgan fingerprint density at radius 1 is 1.65 bits per heavy atom. The summed E-state index contributed by atoms with van der Waals surface area (Å²) in [6.07, 6.45) is 0. The van der Waals surface area contributed by atoms with Crippen LogP contribution in [-0.2, 0) is 11.3 Å². The highest BCUT2D eigenvalue weighted by Crippen LogP contribution is 2.23. The van der Waals surface area contributed by atoms with E-state index >= 15 is 0 Å². The number of esters is 1. The molecule has 108 valence electrons. The van der Waals surface area contributed by atoms with Crippen LogP contribution in [0.3, 0.4) is 0 Å². The van der Waals surface area contributed by atoms with Gasteiger partial charge in [0.2, 0.25) is 5.76 Å². The van der Waals surface area contributed by atoms with Crippen LogP contribution in [0.4, 0.5) is 0 Å². The van der Waals surface area contributed by atoms with Crippen LogP contribution in [0.5, 0.6) is 0 Å². The number of furan rings is 1. The Morgan fingerprint density at radius 2 is 2.40 bits per heavy atom. The summed E-state index contributed by atoms with van der Waals surface area (Å²) < 4.78 is 10.2. The molecule has 1 aromatic heterocycles. The number of rotatable bonds is 4. The van der Waals surface area contributed by atoms with E-state index in [2.05, 4.69) is 26.6 Å². The van der Waals surface area contributed by atoms with E-state index in [9.17, 15) is 4.79 Å². The number of aryl methyl sites for hydroxylation is 1. The van der Waals surface area contributed by atoms with Gasteiger partial charge in [-0.05, 0) is 24.4 Å². The molecule has 0 aliphatic carbocycles. The van der Waals surface area contributed by atoms with Crippen molar-refractivity contribution in [1.82, 2.24) is 4.90 Å². The number of carbonyl (C=O) groups is 1. The normalized spacial score (nSPS) is 22.6. The van der Waals surface area contributed by atoms with Gasteiger partial charge in [0.15, 0.2) is 0 Å². The molecular weight excluding hydrogens is 260 g/mol. The molecule has 1 aromatic rings. The Balaban J connectivity index is 2.05. The van der Waals surface area contributed by atoms with Crippen molar-refractivity contribution in [1.29, 1.82) is 0 Å². The number of hydrogen-bond acceptors (Lipinski definition) is 5. The summed E-state index contributed by atoms with van der Waals surface area (Å²) in [6.45, 7) is 6.02. The molecule has 0 N–H and O–H groups in total. The maximum Gasteiger partial charge on any atom is 0.374 e. The first-order valence-corrected chi connectivity index (χ1v) is 6.49. The fourth-order valence-corrected chi connectivity index (χ4v) is 2.54. The second-order valence-corrected chi connectivity index (χ2v) is 5.16. The molecule has 2 heterocycles. The van der Waals surface area contributed by atoms with E-state index < -0.39 is 5.97 Å². The first-order chi connectivity index (χ1) is 9.55. The van der Waals surface area contributed by atoms with Crippen molar-refractivity contribution in [3.63, 3.8) is 0 Å². The number of ether oxygens (including phenoxy) is 1. The Bertz CT molecular complexity index is 548. The van der Waals surface area contributed by atoms with Crippen LogP contribution in [-0.4, -0.2) is 37.1 Å². The summed E-state index contributed by atoms with van der Waals surface area (Å²) in [4.78, 5) is 16.5. The van der Waals surface area contributed by atoms with E-state index in [1.807, 2.05) is 13.0 Å². The zero-order valence-corrected chi connectivity index (χ0v) is 11.9. The van der Waals surface area contributed by atoms with Crippen LogP contribution in [0, 0.1) is 12.8 Å². The van der Waals surface area contributed by atoms with Crippen LogP contribution in [0.25, 0.3) is 10.4 Å². The lowest BCUT2D eigenvalue weighted by atomic mass is 10.1. The van der Waals surface area contributed by atoms with Gasteiger partial charge in [-0.1, -0.05) is 12.0 Å². The van der Waals surface area contributed by atoms with Crippen molar-refractivity contribution in [2.45, 2.75) is 26.4 Å². The quantitative estimate of drug-likeness (QED) is 0.366. The number of methoxy groups -OCH3 is 1. The lowest BCUT2D eigenvalue weighted by Crippen LogP contribution is -2.20. The molecule has 0 radical (unpaired) electrons. The maximum atomic E-state index is 11.5. The standard InChI is InChI=1S/C13H18N4O3/c1-8-4-10(20-12(8)13(18)19-3)6-17-5-9(2)11(7-17)15-16-14/h4,9,11H,5-7H2,1-3H3/t9-,11-/m1/s1. The fourth-order valence-electron chi connectivity index (χ4n) is 2.54. The molecule has 2 rings (SSSR count). The second kappa shape index (κ2) is 5.98. The molecule has 0 unspecified atom stereocenters. The largest absolute Gasteiger partial charge is 0.463 e. The molecule has 7 heteroatoms. The van der Waals surface area contributed by atoms with E-state index in [4.69, 9.17) is 9.95 Å². The molecule has 0 saturated carbocycles. The van der Waals surface area contributed by atoms with E-state index in [0.29, 0.717) is 19.0 Å². The topological polar surface area (TPSA) is 91.4 Å². The van der Waals surface area contributed by atoms with Crippen molar-refractivity contribution in [3.05, 3.63) is 33.6 Å². The molecule has 1 aliphatic rings.